The van der Waals surface area contributed by atoms with Crippen LogP contribution in [-0.2, 0) is 0 Å². The third-order valence-electron chi connectivity index (χ3n) is 4.17. The minimum Gasteiger partial charge on any atom is -0.328 e. The number of piperidine rings is 1. The third kappa shape index (κ3) is 2.95. The second-order valence-corrected chi connectivity index (χ2v) is 5.52. The lowest BCUT2D eigenvalue weighted by Crippen LogP contribution is -2.50. The van der Waals surface area contributed by atoms with Crippen LogP contribution >= 0.6 is 0 Å². The van der Waals surface area contributed by atoms with E-state index in [1.54, 1.807) is 0 Å². The molecule has 5 heteroatoms. The molecule has 2 aliphatic rings. The molecule has 2 atom stereocenters. The Labute approximate surface area is 113 Å². The maximum absolute atomic E-state index is 12.9. The van der Waals surface area contributed by atoms with Crippen molar-refractivity contribution in [2.75, 3.05) is 13.1 Å². The van der Waals surface area contributed by atoms with Crippen molar-refractivity contribution < 1.29 is 4.39 Å². The first kappa shape index (κ1) is 13.0. The molecule has 0 bridgehead atoms. The zero-order valence-corrected chi connectivity index (χ0v) is 11.0. The zero-order valence-electron chi connectivity index (χ0n) is 11.0. The fourth-order valence-electron chi connectivity index (χ4n) is 2.92. The molecule has 0 aromatic heterocycles. The van der Waals surface area contributed by atoms with E-state index in [0.717, 1.165) is 37.9 Å². The largest absolute Gasteiger partial charge is 0.328 e. The Bertz CT molecular complexity index is 414. The predicted octanol–water partition coefficient (Wildman–Crippen LogP) is 1.11. The van der Waals surface area contributed by atoms with Crippen LogP contribution in [0.3, 0.4) is 0 Å². The number of hydrogen-bond donors (Lipinski definition) is 3. The quantitative estimate of drug-likeness (QED) is 0.749. The average molecular weight is 264 g/mol. The normalized spacial score (nSPS) is 29.8. The van der Waals surface area contributed by atoms with Crippen molar-refractivity contribution in [2.24, 2.45) is 5.73 Å². The second-order valence-electron chi connectivity index (χ2n) is 5.52. The van der Waals surface area contributed by atoms with Gasteiger partial charge in [-0.3, -0.25) is 4.90 Å². The molecule has 2 aliphatic heterocycles. The Morgan fingerprint density at radius 2 is 1.79 bits per heavy atom. The van der Waals surface area contributed by atoms with Gasteiger partial charge in [0.2, 0.25) is 0 Å². The van der Waals surface area contributed by atoms with E-state index in [0.29, 0.717) is 12.2 Å². The molecule has 2 saturated heterocycles. The van der Waals surface area contributed by atoms with Crippen molar-refractivity contribution in [1.82, 2.24) is 15.8 Å². The Hall–Kier alpha value is -1.01. The van der Waals surface area contributed by atoms with Gasteiger partial charge in [-0.2, -0.15) is 0 Å². The van der Waals surface area contributed by atoms with E-state index < -0.39 is 0 Å². The van der Waals surface area contributed by atoms with Crippen LogP contribution < -0.4 is 16.6 Å². The van der Waals surface area contributed by atoms with Crippen LogP contribution in [0.1, 0.15) is 30.9 Å². The van der Waals surface area contributed by atoms with Crippen LogP contribution in [0.15, 0.2) is 24.3 Å². The van der Waals surface area contributed by atoms with Crippen LogP contribution in [0.4, 0.5) is 4.39 Å². The minimum atomic E-state index is -0.184. The molecule has 2 heterocycles. The molecule has 3 rings (SSSR count). The molecule has 0 radical (unpaired) electrons. The smallest absolute Gasteiger partial charge is 0.123 e. The lowest BCUT2D eigenvalue weighted by atomic mass is 10.0. The highest BCUT2D eigenvalue weighted by atomic mass is 19.1. The maximum Gasteiger partial charge on any atom is 0.123 e. The summed E-state index contributed by atoms with van der Waals surface area (Å²) in [5, 5.41) is 0. The van der Waals surface area contributed by atoms with Gasteiger partial charge in [0, 0.05) is 25.2 Å². The molecule has 0 saturated carbocycles. The van der Waals surface area contributed by atoms with Crippen LogP contribution in [0.2, 0.25) is 0 Å². The summed E-state index contributed by atoms with van der Waals surface area (Å²) in [7, 11) is 0. The van der Waals surface area contributed by atoms with Crippen molar-refractivity contribution in [3.05, 3.63) is 35.6 Å². The molecule has 4 nitrogen and oxygen atoms in total. The number of hydrazine groups is 1. The molecule has 1 aromatic carbocycles. The molecule has 4 N–H and O–H groups in total. The number of halogens is 1. The second kappa shape index (κ2) is 5.54. The SMILES string of the molecule is NC1CCN(C2CC(c3ccc(F)cc3)NN2)CC1. The van der Waals surface area contributed by atoms with Gasteiger partial charge in [0.1, 0.15) is 5.82 Å². The van der Waals surface area contributed by atoms with E-state index in [4.69, 9.17) is 5.73 Å². The number of benzene rings is 1. The first-order chi connectivity index (χ1) is 9.22. The highest BCUT2D eigenvalue weighted by molar-refractivity contribution is 5.20. The van der Waals surface area contributed by atoms with Gasteiger partial charge in [-0.25, -0.2) is 15.2 Å². The third-order valence-corrected chi connectivity index (χ3v) is 4.17. The van der Waals surface area contributed by atoms with E-state index in [1.807, 2.05) is 12.1 Å². The first-order valence-electron chi connectivity index (χ1n) is 6.98. The fourth-order valence-corrected chi connectivity index (χ4v) is 2.92. The summed E-state index contributed by atoms with van der Waals surface area (Å²) in [4.78, 5) is 2.44. The van der Waals surface area contributed by atoms with E-state index in [1.165, 1.54) is 12.1 Å². The molecule has 1 aromatic rings. The summed E-state index contributed by atoms with van der Waals surface area (Å²) in [6.07, 6.45) is 3.49. The van der Waals surface area contributed by atoms with Gasteiger partial charge in [0.15, 0.2) is 0 Å². The van der Waals surface area contributed by atoms with Gasteiger partial charge in [0.25, 0.3) is 0 Å². The van der Waals surface area contributed by atoms with E-state index >= 15 is 0 Å². The number of rotatable bonds is 2. The number of hydrogen-bond acceptors (Lipinski definition) is 4. The van der Waals surface area contributed by atoms with Crippen molar-refractivity contribution >= 4 is 0 Å². The highest BCUT2D eigenvalue weighted by Crippen LogP contribution is 2.25. The number of nitrogens with two attached hydrogens (primary N) is 1. The molecule has 104 valence electrons. The molecule has 19 heavy (non-hydrogen) atoms. The van der Waals surface area contributed by atoms with Gasteiger partial charge in [-0.05, 0) is 37.0 Å². The van der Waals surface area contributed by atoms with E-state index in [2.05, 4.69) is 15.8 Å². The summed E-state index contributed by atoms with van der Waals surface area (Å²) in [5.41, 5.74) is 13.7. The average Bonchev–Trinajstić information content (AvgIpc) is 2.90. The van der Waals surface area contributed by atoms with Crippen molar-refractivity contribution in [3.8, 4) is 0 Å². The Balaban J connectivity index is 1.59. The number of likely N-dealkylation sites (tertiary alicyclic amines) is 1. The summed E-state index contributed by atoms with van der Waals surface area (Å²) in [6, 6.07) is 7.35. The summed E-state index contributed by atoms with van der Waals surface area (Å²) in [5.74, 6) is -0.184. The van der Waals surface area contributed by atoms with Crippen LogP contribution in [-0.4, -0.2) is 30.2 Å². The molecule has 0 aliphatic carbocycles. The predicted molar refractivity (Wildman–Crippen MR) is 72.6 cm³/mol. The van der Waals surface area contributed by atoms with Crippen LogP contribution in [0.25, 0.3) is 0 Å². The molecule has 2 unspecified atom stereocenters. The standard InChI is InChI=1S/C14H21FN4/c15-11-3-1-10(2-4-11)13-9-14(18-17-13)19-7-5-12(16)6-8-19/h1-4,12-14,17-18H,5-9,16H2. The van der Waals surface area contributed by atoms with Gasteiger partial charge in [0.05, 0.1) is 6.17 Å². The van der Waals surface area contributed by atoms with Crippen molar-refractivity contribution in [2.45, 2.75) is 37.5 Å². The minimum absolute atomic E-state index is 0.184. The zero-order chi connectivity index (χ0) is 13.2. The Morgan fingerprint density at radius 1 is 1.11 bits per heavy atom. The lowest BCUT2D eigenvalue weighted by molar-refractivity contribution is 0.137. The first-order valence-corrected chi connectivity index (χ1v) is 6.98. The summed E-state index contributed by atoms with van der Waals surface area (Å²) >= 11 is 0. The molecule has 0 amide bonds. The number of nitrogens with one attached hydrogen (secondary N) is 2. The molecule has 0 spiro atoms. The van der Waals surface area contributed by atoms with Gasteiger partial charge < -0.3 is 5.73 Å². The summed E-state index contributed by atoms with van der Waals surface area (Å²) < 4.78 is 12.9. The van der Waals surface area contributed by atoms with Gasteiger partial charge in [-0.15, -0.1) is 0 Å². The van der Waals surface area contributed by atoms with Crippen LogP contribution in [0.5, 0.6) is 0 Å². The molecule has 2 fully saturated rings. The molecular formula is C14H21FN4. The van der Waals surface area contributed by atoms with E-state index in [9.17, 15) is 4.39 Å². The topological polar surface area (TPSA) is 53.3 Å². The van der Waals surface area contributed by atoms with Crippen molar-refractivity contribution in [3.63, 3.8) is 0 Å². The lowest BCUT2D eigenvalue weighted by Gasteiger charge is -2.34. The fraction of sp³-hybridized carbons (Fsp3) is 0.571. The summed E-state index contributed by atoms with van der Waals surface area (Å²) in [6.45, 7) is 2.10. The monoisotopic (exact) mass is 264 g/mol. The van der Waals surface area contributed by atoms with Gasteiger partial charge >= 0.3 is 0 Å². The highest BCUT2D eigenvalue weighted by Gasteiger charge is 2.31. The Morgan fingerprint density at radius 3 is 2.47 bits per heavy atom. The Kier molecular flexibility index (Phi) is 3.79. The maximum atomic E-state index is 12.9. The van der Waals surface area contributed by atoms with Crippen LogP contribution in [0, 0.1) is 5.82 Å². The van der Waals surface area contributed by atoms with Gasteiger partial charge in [-0.1, -0.05) is 12.1 Å². The molecular weight excluding hydrogens is 243 g/mol. The van der Waals surface area contributed by atoms with Crippen molar-refractivity contribution in [1.29, 1.82) is 0 Å². The number of nitrogens with zero attached hydrogens (tertiary/aromatic N) is 1. The van der Waals surface area contributed by atoms with E-state index in [-0.39, 0.29) is 11.9 Å².